The molecule has 2 heterocycles. The van der Waals surface area contributed by atoms with Gasteiger partial charge in [-0.05, 0) is 41.7 Å². The minimum Gasteiger partial charge on any atom is -0.326 e. The number of carbonyl (C=O) groups excluding carboxylic acids is 1. The highest BCUT2D eigenvalue weighted by molar-refractivity contribution is 5.99. The van der Waals surface area contributed by atoms with Crippen LogP contribution in [0.4, 0.5) is 5.69 Å². The molecule has 124 valence electrons. The molecule has 4 nitrogen and oxygen atoms in total. The van der Waals surface area contributed by atoms with Gasteiger partial charge in [-0.25, -0.2) is 9.97 Å². The summed E-state index contributed by atoms with van der Waals surface area (Å²) in [4.78, 5) is 20.5. The smallest absolute Gasteiger partial charge is 0.228 e. The normalized spacial score (nSPS) is 12.7. The van der Waals surface area contributed by atoms with Crippen molar-refractivity contribution in [2.45, 2.75) is 25.7 Å². The number of carbonyl (C=O) groups is 1. The molecule has 4 heteroatoms. The Morgan fingerprint density at radius 1 is 0.920 bits per heavy atom. The fourth-order valence-corrected chi connectivity index (χ4v) is 3.14. The molecule has 1 amide bonds. The molecule has 0 unspecified atom stereocenters. The molecule has 1 N–H and O–H groups in total. The lowest BCUT2D eigenvalue weighted by Crippen LogP contribution is -2.03. The summed E-state index contributed by atoms with van der Waals surface area (Å²) >= 11 is 0. The summed E-state index contributed by atoms with van der Waals surface area (Å²) in [5.74, 6) is 0.926. The molecule has 3 aromatic rings. The molecule has 0 bridgehead atoms. The van der Waals surface area contributed by atoms with E-state index in [-0.39, 0.29) is 5.91 Å². The summed E-state index contributed by atoms with van der Waals surface area (Å²) < 4.78 is 0. The largest absolute Gasteiger partial charge is 0.326 e. The Morgan fingerprint density at radius 2 is 1.72 bits per heavy atom. The molecule has 0 spiro atoms. The van der Waals surface area contributed by atoms with Crippen LogP contribution >= 0.6 is 0 Å². The summed E-state index contributed by atoms with van der Waals surface area (Å²) in [5, 5.41) is 2.85. The molecule has 0 radical (unpaired) electrons. The maximum atomic E-state index is 11.5. The number of rotatable bonds is 5. The first-order valence-electron chi connectivity index (χ1n) is 8.56. The topological polar surface area (TPSA) is 54.9 Å². The first kappa shape index (κ1) is 15.5. The van der Waals surface area contributed by atoms with Gasteiger partial charge >= 0.3 is 0 Å². The Kier molecular flexibility index (Phi) is 4.25. The first-order valence-corrected chi connectivity index (χ1v) is 8.56. The van der Waals surface area contributed by atoms with Gasteiger partial charge in [0.1, 0.15) is 5.82 Å². The van der Waals surface area contributed by atoms with Gasteiger partial charge in [0.15, 0.2) is 0 Å². The number of hydrogen-bond donors (Lipinski definition) is 1. The molecule has 0 atom stereocenters. The molecule has 0 fully saturated rings. The molecular formula is C21H19N3O. The van der Waals surface area contributed by atoms with E-state index in [1.807, 2.05) is 36.7 Å². The highest BCUT2D eigenvalue weighted by Crippen LogP contribution is 2.28. The van der Waals surface area contributed by atoms with E-state index in [9.17, 15) is 4.79 Å². The van der Waals surface area contributed by atoms with E-state index in [4.69, 9.17) is 0 Å². The lowest BCUT2D eigenvalue weighted by molar-refractivity contribution is -0.115. The van der Waals surface area contributed by atoms with Crippen LogP contribution in [0.15, 0.2) is 60.9 Å². The van der Waals surface area contributed by atoms with Gasteiger partial charge in [-0.2, -0.15) is 0 Å². The Hall–Kier alpha value is -3.01. The second-order valence-corrected chi connectivity index (χ2v) is 6.32. The standard InChI is InChI=1S/C21H19N3O/c25-21-12-17-11-16(9-10-19(17)24-21)18-13-22-20(23-14-18)8-4-7-15-5-2-1-3-6-15/h1-3,5-6,9-11,13-14H,4,7-8,12H2,(H,24,25). The third-order valence-corrected chi connectivity index (χ3v) is 4.48. The van der Waals surface area contributed by atoms with Crippen LogP contribution in [-0.4, -0.2) is 15.9 Å². The summed E-state index contributed by atoms with van der Waals surface area (Å²) in [6, 6.07) is 16.5. The maximum absolute atomic E-state index is 11.5. The average molecular weight is 329 g/mol. The molecule has 2 aromatic carbocycles. The highest BCUT2D eigenvalue weighted by atomic mass is 16.1. The second kappa shape index (κ2) is 6.85. The number of amides is 1. The third kappa shape index (κ3) is 3.58. The van der Waals surface area contributed by atoms with E-state index in [0.717, 1.165) is 47.5 Å². The summed E-state index contributed by atoms with van der Waals surface area (Å²) in [6.45, 7) is 0. The van der Waals surface area contributed by atoms with Gasteiger partial charge in [0, 0.05) is 30.1 Å². The van der Waals surface area contributed by atoms with E-state index >= 15 is 0 Å². The number of benzene rings is 2. The summed E-state index contributed by atoms with van der Waals surface area (Å²) in [5.41, 5.74) is 5.32. The number of anilines is 1. The highest BCUT2D eigenvalue weighted by Gasteiger charge is 2.17. The van der Waals surface area contributed by atoms with Crippen molar-refractivity contribution in [2.24, 2.45) is 0 Å². The van der Waals surface area contributed by atoms with Crippen LogP contribution in [0.5, 0.6) is 0 Å². The fourth-order valence-electron chi connectivity index (χ4n) is 3.14. The van der Waals surface area contributed by atoms with E-state index < -0.39 is 0 Å². The molecular weight excluding hydrogens is 310 g/mol. The van der Waals surface area contributed by atoms with Crippen molar-refractivity contribution in [3.8, 4) is 11.1 Å². The second-order valence-electron chi connectivity index (χ2n) is 6.32. The van der Waals surface area contributed by atoms with Crippen molar-refractivity contribution >= 4 is 11.6 Å². The summed E-state index contributed by atoms with van der Waals surface area (Å²) in [6.07, 6.45) is 7.14. The number of aromatic nitrogens is 2. The molecule has 25 heavy (non-hydrogen) atoms. The van der Waals surface area contributed by atoms with Crippen molar-refractivity contribution in [1.29, 1.82) is 0 Å². The molecule has 1 aliphatic rings. The monoisotopic (exact) mass is 329 g/mol. The zero-order chi connectivity index (χ0) is 17.1. The minimum atomic E-state index is 0.0529. The van der Waals surface area contributed by atoms with Crippen LogP contribution in [0.2, 0.25) is 0 Å². The van der Waals surface area contributed by atoms with Gasteiger partial charge in [0.05, 0.1) is 6.42 Å². The summed E-state index contributed by atoms with van der Waals surface area (Å²) in [7, 11) is 0. The minimum absolute atomic E-state index is 0.0529. The number of aryl methyl sites for hydroxylation is 2. The van der Waals surface area contributed by atoms with Crippen molar-refractivity contribution < 1.29 is 4.79 Å². The third-order valence-electron chi connectivity index (χ3n) is 4.48. The molecule has 0 aliphatic carbocycles. The average Bonchev–Trinajstić information content (AvgIpc) is 3.02. The first-order chi connectivity index (χ1) is 12.3. The van der Waals surface area contributed by atoms with E-state index in [1.165, 1.54) is 5.56 Å². The quantitative estimate of drug-likeness (QED) is 0.774. The molecule has 4 rings (SSSR count). The van der Waals surface area contributed by atoms with Gasteiger partial charge in [0.2, 0.25) is 5.91 Å². The Balaban J connectivity index is 1.40. The van der Waals surface area contributed by atoms with Crippen LogP contribution in [-0.2, 0) is 24.1 Å². The zero-order valence-corrected chi connectivity index (χ0v) is 13.9. The lowest BCUT2D eigenvalue weighted by atomic mass is 10.0. The van der Waals surface area contributed by atoms with Gasteiger partial charge < -0.3 is 5.32 Å². The van der Waals surface area contributed by atoms with Crippen LogP contribution < -0.4 is 5.32 Å². The van der Waals surface area contributed by atoms with Gasteiger partial charge in [0.25, 0.3) is 0 Å². The van der Waals surface area contributed by atoms with Crippen LogP contribution in [0.1, 0.15) is 23.4 Å². The van der Waals surface area contributed by atoms with Crippen molar-refractivity contribution in [1.82, 2.24) is 9.97 Å². The van der Waals surface area contributed by atoms with Gasteiger partial charge in [-0.1, -0.05) is 36.4 Å². The van der Waals surface area contributed by atoms with Crippen molar-refractivity contribution in [3.05, 3.63) is 77.9 Å². The molecule has 1 aliphatic heterocycles. The van der Waals surface area contributed by atoms with E-state index in [1.54, 1.807) is 0 Å². The van der Waals surface area contributed by atoms with Crippen LogP contribution in [0.25, 0.3) is 11.1 Å². The molecule has 1 aromatic heterocycles. The van der Waals surface area contributed by atoms with Crippen molar-refractivity contribution in [3.63, 3.8) is 0 Å². The Bertz CT molecular complexity index is 889. The predicted molar refractivity (Wildman–Crippen MR) is 98.3 cm³/mol. The molecule has 0 saturated carbocycles. The maximum Gasteiger partial charge on any atom is 0.228 e. The van der Waals surface area contributed by atoms with E-state index in [2.05, 4.69) is 39.6 Å². The lowest BCUT2D eigenvalue weighted by Gasteiger charge is -2.05. The van der Waals surface area contributed by atoms with E-state index in [0.29, 0.717) is 6.42 Å². The van der Waals surface area contributed by atoms with Gasteiger partial charge in [-0.15, -0.1) is 0 Å². The fraction of sp³-hybridized carbons (Fsp3) is 0.190. The number of nitrogens with one attached hydrogen (secondary N) is 1. The molecule has 0 saturated heterocycles. The number of fused-ring (bicyclic) bond motifs is 1. The van der Waals surface area contributed by atoms with Gasteiger partial charge in [-0.3, -0.25) is 4.79 Å². The predicted octanol–water partition coefficient (Wildman–Crippen LogP) is 3.81. The Labute approximate surface area is 147 Å². The SMILES string of the molecule is O=C1Cc2cc(-c3cnc(CCCc4ccccc4)nc3)ccc2N1. The van der Waals surface area contributed by atoms with Crippen molar-refractivity contribution in [2.75, 3.05) is 5.32 Å². The number of hydrogen-bond acceptors (Lipinski definition) is 3. The zero-order valence-electron chi connectivity index (χ0n) is 13.9. The van der Waals surface area contributed by atoms with Crippen LogP contribution in [0.3, 0.4) is 0 Å². The number of nitrogens with zero attached hydrogens (tertiary/aromatic N) is 2. The van der Waals surface area contributed by atoms with Crippen LogP contribution in [0, 0.1) is 0 Å². The Morgan fingerprint density at radius 3 is 2.52 bits per heavy atom.